The molecule has 0 radical (unpaired) electrons. The fourth-order valence-electron chi connectivity index (χ4n) is 3.27. The summed E-state index contributed by atoms with van der Waals surface area (Å²) in [6, 6.07) is 11.6. The molecule has 2 aromatic carbocycles. The van der Waals surface area contributed by atoms with Crippen LogP contribution in [0.5, 0.6) is 11.5 Å². The van der Waals surface area contributed by atoms with Crippen molar-refractivity contribution in [2.75, 3.05) is 18.5 Å². The largest absolute Gasteiger partial charge is 0.486 e. The lowest BCUT2D eigenvalue weighted by atomic mass is 10.1. The predicted molar refractivity (Wildman–Crippen MR) is 99.9 cm³/mol. The Bertz CT molecular complexity index is 978. The van der Waals surface area contributed by atoms with Crippen molar-refractivity contribution >= 4 is 22.6 Å². The van der Waals surface area contributed by atoms with Gasteiger partial charge in [0.2, 0.25) is 5.91 Å². The van der Waals surface area contributed by atoms with Crippen LogP contribution in [0.1, 0.15) is 18.3 Å². The Hall–Kier alpha value is -3.02. The van der Waals surface area contributed by atoms with Crippen LogP contribution in [0.3, 0.4) is 0 Å². The molecule has 2 heterocycles. The van der Waals surface area contributed by atoms with Crippen molar-refractivity contribution in [3.05, 3.63) is 47.8 Å². The number of amides is 1. The Kier molecular flexibility index (Phi) is 4.24. The van der Waals surface area contributed by atoms with Crippen molar-refractivity contribution in [3.8, 4) is 11.5 Å². The summed E-state index contributed by atoms with van der Waals surface area (Å²) >= 11 is 0. The average molecular weight is 351 g/mol. The van der Waals surface area contributed by atoms with Gasteiger partial charge in [-0.2, -0.15) is 0 Å². The van der Waals surface area contributed by atoms with Crippen LogP contribution in [0.15, 0.2) is 36.4 Å². The van der Waals surface area contributed by atoms with Gasteiger partial charge in [0.25, 0.3) is 0 Å². The molecule has 134 valence electrons. The van der Waals surface area contributed by atoms with Crippen molar-refractivity contribution in [3.63, 3.8) is 0 Å². The number of para-hydroxylation sites is 1. The molecule has 0 bridgehead atoms. The lowest BCUT2D eigenvalue weighted by Crippen LogP contribution is -2.20. The Morgan fingerprint density at radius 1 is 1.19 bits per heavy atom. The van der Waals surface area contributed by atoms with Crippen molar-refractivity contribution in [1.29, 1.82) is 0 Å². The van der Waals surface area contributed by atoms with Crippen LogP contribution in [0, 0.1) is 6.92 Å². The summed E-state index contributed by atoms with van der Waals surface area (Å²) in [6.45, 7) is 5.23. The molecular weight excluding hydrogens is 330 g/mol. The monoisotopic (exact) mass is 351 g/mol. The summed E-state index contributed by atoms with van der Waals surface area (Å²) in [6.07, 6.45) is 0.868. The van der Waals surface area contributed by atoms with E-state index in [2.05, 4.69) is 17.2 Å². The summed E-state index contributed by atoms with van der Waals surface area (Å²) in [4.78, 5) is 17.2. The molecule has 6 heteroatoms. The number of carbonyl (C=O) groups is 1. The highest BCUT2D eigenvalue weighted by atomic mass is 16.6. The minimum absolute atomic E-state index is 0.0804. The number of nitrogens with zero attached hydrogens (tertiary/aromatic N) is 2. The minimum Gasteiger partial charge on any atom is -0.486 e. The molecular formula is C20H21N3O3. The zero-order valence-electron chi connectivity index (χ0n) is 14.9. The van der Waals surface area contributed by atoms with E-state index < -0.39 is 0 Å². The molecule has 1 aliphatic rings. The fraction of sp³-hybridized carbons (Fsp3) is 0.300. The minimum atomic E-state index is -0.0804. The normalized spacial score (nSPS) is 13.0. The third-order valence-electron chi connectivity index (χ3n) is 4.58. The van der Waals surface area contributed by atoms with Gasteiger partial charge >= 0.3 is 0 Å². The van der Waals surface area contributed by atoms with Gasteiger partial charge in [0.1, 0.15) is 25.6 Å². The van der Waals surface area contributed by atoms with Crippen molar-refractivity contribution in [1.82, 2.24) is 9.55 Å². The predicted octanol–water partition coefficient (Wildman–Crippen LogP) is 3.32. The second kappa shape index (κ2) is 6.71. The highest BCUT2D eigenvalue weighted by Gasteiger charge is 2.18. The Morgan fingerprint density at radius 3 is 2.69 bits per heavy atom. The Morgan fingerprint density at radius 2 is 1.92 bits per heavy atom. The van der Waals surface area contributed by atoms with E-state index in [0.717, 1.165) is 34.5 Å². The summed E-state index contributed by atoms with van der Waals surface area (Å²) in [5.41, 5.74) is 3.64. The molecule has 1 amide bonds. The molecule has 1 aromatic heterocycles. The molecule has 1 N–H and O–H groups in total. The first kappa shape index (κ1) is 16.4. The highest BCUT2D eigenvalue weighted by Crippen LogP contribution is 2.34. The van der Waals surface area contributed by atoms with E-state index >= 15 is 0 Å². The second-order valence-electron chi connectivity index (χ2n) is 6.29. The molecule has 26 heavy (non-hydrogen) atoms. The van der Waals surface area contributed by atoms with Crippen LogP contribution in [0.25, 0.3) is 11.0 Å². The third-order valence-corrected chi connectivity index (χ3v) is 4.58. The maximum absolute atomic E-state index is 12.6. The molecule has 0 spiro atoms. The lowest BCUT2D eigenvalue weighted by Gasteiger charge is -2.18. The van der Waals surface area contributed by atoms with Gasteiger partial charge in [0, 0.05) is 17.8 Å². The van der Waals surface area contributed by atoms with Crippen LogP contribution < -0.4 is 14.8 Å². The molecule has 1 aliphatic heterocycles. The zero-order valence-corrected chi connectivity index (χ0v) is 14.9. The molecule has 0 fully saturated rings. The number of nitrogens with one attached hydrogen (secondary N) is 1. The molecule has 0 unspecified atom stereocenters. The Labute approximate surface area is 151 Å². The van der Waals surface area contributed by atoms with E-state index in [9.17, 15) is 4.79 Å². The number of anilines is 1. The number of aromatic nitrogens is 2. The molecule has 6 nitrogen and oxygen atoms in total. The van der Waals surface area contributed by atoms with Crippen LogP contribution in [-0.4, -0.2) is 28.7 Å². The van der Waals surface area contributed by atoms with Crippen molar-refractivity contribution < 1.29 is 14.3 Å². The maximum atomic E-state index is 12.6. The van der Waals surface area contributed by atoms with Gasteiger partial charge in [0.05, 0.1) is 11.0 Å². The maximum Gasteiger partial charge on any atom is 0.244 e. The number of hydrogen-bond donors (Lipinski definition) is 1. The van der Waals surface area contributed by atoms with Crippen LogP contribution in [0.2, 0.25) is 0 Å². The first-order valence-corrected chi connectivity index (χ1v) is 8.80. The topological polar surface area (TPSA) is 65.4 Å². The average Bonchev–Trinajstić information content (AvgIpc) is 2.94. The second-order valence-corrected chi connectivity index (χ2v) is 6.29. The van der Waals surface area contributed by atoms with Gasteiger partial charge in [-0.15, -0.1) is 0 Å². The molecule has 3 aromatic rings. The van der Waals surface area contributed by atoms with Gasteiger partial charge in [-0.25, -0.2) is 4.98 Å². The number of hydrogen-bond acceptors (Lipinski definition) is 4. The number of imidazole rings is 1. The van der Waals surface area contributed by atoms with E-state index in [0.29, 0.717) is 24.7 Å². The number of aryl methyl sites for hydroxylation is 2. The Balaban J connectivity index is 1.62. The number of fused-ring (bicyclic) bond motifs is 2. The number of benzene rings is 2. The first-order chi connectivity index (χ1) is 12.7. The summed E-state index contributed by atoms with van der Waals surface area (Å²) in [5.74, 6) is 2.10. The number of rotatable bonds is 4. The smallest absolute Gasteiger partial charge is 0.244 e. The summed E-state index contributed by atoms with van der Waals surface area (Å²) in [7, 11) is 0. The van der Waals surface area contributed by atoms with Gasteiger partial charge in [-0.1, -0.05) is 25.1 Å². The molecule has 0 saturated carbocycles. The molecule has 0 atom stereocenters. The lowest BCUT2D eigenvalue weighted by molar-refractivity contribution is -0.116. The zero-order chi connectivity index (χ0) is 18.1. The SMILES string of the molecule is CCc1ccccc1NC(=O)Cn1c(C)nc2cc3c(cc21)OCCO3. The van der Waals surface area contributed by atoms with E-state index in [-0.39, 0.29) is 12.5 Å². The van der Waals surface area contributed by atoms with Crippen LogP contribution >= 0.6 is 0 Å². The van der Waals surface area contributed by atoms with Gasteiger partial charge < -0.3 is 19.4 Å². The molecule has 4 rings (SSSR count). The third kappa shape index (κ3) is 2.98. The van der Waals surface area contributed by atoms with Gasteiger partial charge in [-0.05, 0) is 25.0 Å². The van der Waals surface area contributed by atoms with E-state index in [1.165, 1.54) is 0 Å². The first-order valence-electron chi connectivity index (χ1n) is 8.80. The van der Waals surface area contributed by atoms with Crippen molar-refractivity contribution in [2.24, 2.45) is 0 Å². The van der Waals surface area contributed by atoms with Crippen LogP contribution in [0.4, 0.5) is 5.69 Å². The molecule has 0 saturated heterocycles. The van der Waals surface area contributed by atoms with Gasteiger partial charge in [-0.3, -0.25) is 4.79 Å². The van der Waals surface area contributed by atoms with Crippen LogP contribution in [-0.2, 0) is 17.8 Å². The summed E-state index contributed by atoms with van der Waals surface area (Å²) in [5, 5.41) is 3.01. The van der Waals surface area contributed by atoms with Crippen molar-refractivity contribution in [2.45, 2.75) is 26.8 Å². The quantitative estimate of drug-likeness (QED) is 0.783. The van der Waals surface area contributed by atoms with E-state index in [1.54, 1.807) is 0 Å². The van der Waals surface area contributed by atoms with E-state index in [1.807, 2.05) is 47.9 Å². The van der Waals surface area contributed by atoms with Gasteiger partial charge in [0.15, 0.2) is 11.5 Å². The fourth-order valence-corrected chi connectivity index (χ4v) is 3.27. The highest BCUT2D eigenvalue weighted by molar-refractivity contribution is 5.92. The number of ether oxygens (including phenoxy) is 2. The molecule has 0 aliphatic carbocycles. The number of carbonyl (C=O) groups excluding carboxylic acids is 1. The van der Waals surface area contributed by atoms with E-state index in [4.69, 9.17) is 9.47 Å². The standard InChI is InChI=1S/C20H21N3O3/c1-3-14-6-4-5-7-15(14)22-20(24)12-23-13(2)21-16-10-18-19(11-17(16)23)26-9-8-25-18/h4-7,10-11H,3,8-9,12H2,1-2H3,(H,22,24). The summed E-state index contributed by atoms with van der Waals surface area (Å²) < 4.78 is 13.2.